The number of anilines is 1. The molecule has 0 bridgehead atoms. The van der Waals surface area contributed by atoms with E-state index < -0.39 is 5.91 Å². The average molecular weight is 308 g/mol. The van der Waals surface area contributed by atoms with Crippen molar-refractivity contribution in [1.82, 2.24) is 10.3 Å². The molecule has 0 radical (unpaired) electrons. The van der Waals surface area contributed by atoms with Gasteiger partial charge in [-0.15, -0.1) is 0 Å². The predicted octanol–water partition coefficient (Wildman–Crippen LogP) is 2.34. The molecule has 23 heavy (non-hydrogen) atoms. The highest BCUT2D eigenvalue weighted by atomic mass is 16.2. The van der Waals surface area contributed by atoms with Crippen molar-refractivity contribution in [2.75, 3.05) is 5.32 Å². The Bertz CT molecular complexity index is 778. The molecule has 116 valence electrons. The Morgan fingerprint density at radius 1 is 1.13 bits per heavy atom. The molecule has 1 aromatic carbocycles. The lowest BCUT2D eigenvalue weighted by Crippen LogP contribution is -2.30. The minimum atomic E-state index is -0.431. The van der Waals surface area contributed by atoms with E-state index in [2.05, 4.69) is 15.6 Å². The van der Waals surface area contributed by atoms with Gasteiger partial charge in [0.05, 0.1) is 22.4 Å². The first-order valence-electron chi connectivity index (χ1n) is 7.07. The van der Waals surface area contributed by atoms with Gasteiger partial charge in [0, 0.05) is 18.4 Å². The standard InChI is InChI=1S/C17H16N4O2/c1-11(2)20-16(22)13-7-14(10-19-9-13)17(23)21-15-6-4-3-5-12(15)8-18/h3-7,9-11H,1-2H3,(H,20,22)(H,21,23). The summed E-state index contributed by atoms with van der Waals surface area (Å²) in [7, 11) is 0. The molecule has 0 atom stereocenters. The van der Waals surface area contributed by atoms with E-state index in [1.54, 1.807) is 24.3 Å². The molecule has 2 N–H and O–H groups in total. The van der Waals surface area contributed by atoms with Crippen LogP contribution in [0.3, 0.4) is 0 Å². The van der Waals surface area contributed by atoms with E-state index in [1.807, 2.05) is 19.9 Å². The predicted molar refractivity (Wildman–Crippen MR) is 85.9 cm³/mol. The Morgan fingerprint density at radius 3 is 2.43 bits per heavy atom. The van der Waals surface area contributed by atoms with Gasteiger partial charge in [0.2, 0.25) is 0 Å². The van der Waals surface area contributed by atoms with E-state index in [9.17, 15) is 9.59 Å². The Balaban J connectivity index is 2.20. The van der Waals surface area contributed by atoms with Crippen molar-refractivity contribution in [3.8, 4) is 6.07 Å². The zero-order valence-electron chi connectivity index (χ0n) is 12.8. The summed E-state index contributed by atoms with van der Waals surface area (Å²) in [5.74, 6) is -0.723. The van der Waals surface area contributed by atoms with Crippen LogP contribution in [0.25, 0.3) is 0 Å². The Kier molecular flexibility index (Phi) is 5.05. The van der Waals surface area contributed by atoms with E-state index in [4.69, 9.17) is 5.26 Å². The number of para-hydroxylation sites is 1. The molecule has 0 spiro atoms. The fraction of sp³-hybridized carbons (Fsp3) is 0.176. The van der Waals surface area contributed by atoms with Gasteiger partial charge < -0.3 is 10.6 Å². The molecule has 6 heteroatoms. The van der Waals surface area contributed by atoms with Crippen molar-refractivity contribution in [2.45, 2.75) is 19.9 Å². The van der Waals surface area contributed by atoms with Gasteiger partial charge >= 0.3 is 0 Å². The van der Waals surface area contributed by atoms with Gasteiger partial charge in [-0.3, -0.25) is 14.6 Å². The smallest absolute Gasteiger partial charge is 0.257 e. The maximum absolute atomic E-state index is 12.3. The highest BCUT2D eigenvalue weighted by molar-refractivity contribution is 6.06. The number of aromatic nitrogens is 1. The van der Waals surface area contributed by atoms with Crippen LogP contribution in [0.15, 0.2) is 42.7 Å². The number of hydrogen-bond donors (Lipinski definition) is 2. The quantitative estimate of drug-likeness (QED) is 0.906. The molecule has 0 fully saturated rings. The van der Waals surface area contributed by atoms with Gasteiger partial charge in [-0.25, -0.2) is 0 Å². The van der Waals surface area contributed by atoms with Crippen LogP contribution in [-0.4, -0.2) is 22.8 Å². The summed E-state index contributed by atoms with van der Waals surface area (Å²) >= 11 is 0. The topological polar surface area (TPSA) is 94.9 Å². The highest BCUT2D eigenvalue weighted by Crippen LogP contribution is 2.15. The summed E-state index contributed by atoms with van der Waals surface area (Å²) in [5, 5.41) is 14.4. The van der Waals surface area contributed by atoms with Crippen molar-refractivity contribution in [3.05, 3.63) is 59.4 Å². The van der Waals surface area contributed by atoms with Crippen LogP contribution in [0.2, 0.25) is 0 Å². The van der Waals surface area contributed by atoms with Gasteiger partial charge in [0.1, 0.15) is 6.07 Å². The molecule has 0 aliphatic carbocycles. The second-order valence-electron chi connectivity index (χ2n) is 5.20. The van der Waals surface area contributed by atoms with Crippen LogP contribution in [0, 0.1) is 11.3 Å². The molecule has 0 unspecified atom stereocenters. The molecule has 2 amide bonds. The highest BCUT2D eigenvalue weighted by Gasteiger charge is 2.13. The Hall–Kier alpha value is -3.20. The van der Waals surface area contributed by atoms with Crippen LogP contribution in [0.4, 0.5) is 5.69 Å². The Labute approximate surface area is 134 Å². The van der Waals surface area contributed by atoms with E-state index in [0.717, 1.165) is 0 Å². The molecule has 0 aliphatic rings. The molecule has 0 aliphatic heterocycles. The molecule has 2 rings (SSSR count). The minimum absolute atomic E-state index is 0.0116. The number of nitrogens with one attached hydrogen (secondary N) is 2. The molecule has 2 aromatic rings. The van der Waals surface area contributed by atoms with Crippen LogP contribution >= 0.6 is 0 Å². The summed E-state index contributed by atoms with van der Waals surface area (Å²) in [6.07, 6.45) is 2.77. The molecule has 0 saturated heterocycles. The molecule has 1 heterocycles. The number of nitriles is 1. The van der Waals surface area contributed by atoms with Crippen molar-refractivity contribution < 1.29 is 9.59 Å². The third-order valence-electron chi connectivity index (χ3n) is 2.98. The number of rotatable bonds is 4. The third-order valence-corrected chi connectivity index (χ3v) is 2.98. The maximum atomic E-state index is 12.3. The SMILES string of the molecule is CC(C)NC(=O)c1cncc(C(=O)Nc2ccccc2C#N)c1. The zero-order chi connectivity index (χ0) is 16.8. The first-order chi connectivity index (χ1) is 11.0. The van der Waals surface area contributed by atoms with E-state index >= 15 is 0 Å². The second-order valence-corrected chi connectivity index (χ2v) is 5.20. The van der Waals surface area contributed by atoms with Gasteiger partial charge in [-0.2, -0.15) is 5.26 Å². The largest absolute Gasteiger partial charge is 0.350 e. The van der Waals surface area contributed by atoms with Crippen molar-refractivity contribution >= 4 is 17.5 Å². The van der Waals surface area contributed by atoms with Crippen molar-refractivity contribution in [1.29, 1.82) is 5.26 Å². The van der Waals surface area contributed by atoms with Gasteiger partial charge in [-0.1, -0.05) is 12.1 Å². The third kappa shape index (κ3) is 4.14. The van der Waals surface area contributed by atoms with Gasteiger partial charge in [0.15, 0.2) is 0 Å². The summed E-state index contributed by atoms with van der Waals surface area (Å²) < 4.78 is 0. The number of hydrogen-bond acceptors (Lipinski definition) is 4. The first kappa shape index (κ1) is 16.2. The van der Waals surface area contributed by atoms with Crippen LogP contribution in [-0.2, 0) is 0 Å². The lowest BCUT2D eigenvalue weighted by atomic mass is 10.1. The lowest BCUT2D eigenvalue weighted by Gasteiger charge is -2.10. The maximum Gasteiger partial charge on any atom is 0.257 e. The minimum Gasteiger partial charge on any atom is -0.350 e. The summed E-state index contributed by atoms with van der Waals surface area (Å²) in [6, 6.07) is 10.2. The number of carbonyl (C=O) groups is 2. The number of carbonyl (C=O) groups excluding carboxylic acids is 2. The van der Waals surface area contributed by atoms with Crippen LogP contribution in [0.5, 0.6) is 0 Å². The van der Waals surface area contributed by atoms with E-state index in [0.29, 0.717) is 16.8 Å². The van der Waals surface area contributed by atoms with Gasteiger partial charge in [0.25, 0.3) is 11.8 Å². The first-order valence-corrected chi connectivity index (χ1v) is 7.07. The molecule has 1 aromatic heterocycles. The summed E-state index contributed by atoms with van der Waals surface area (Å²) in [4.78, 5) is 28.2. The van der Waals surface area contributed by atoms with Crippen molar-refractivity contribution in [3.63, 3.8) is 0 Å². The molecule has 6 nitrogen and oxygen atoms in total. The normalized spacial score (nSPS) is 10.0. The number of amides is 2. The van der Waals surface area contributed by atoms with Crippen LogP contribution < -0.4 is 10.6 Å². The number of nitrogens with zero attached hydrogens (tertiary/aromatic N) is 2. The van der Waals surface area contributed by atoms with E-state index in [1.165, 1.54) is 18.5 Å². The summed E-state index contributed by atoms with van der Waals surface area (Å²) in [6.45, 7) is 3.70. The molecule has 0 saturated carbocycles. The number of benzene rings is 1. The molecular weight excluding hydrogens is 292 g/mol. The van der Waals surface area contributed by atoms with Crippen LogP contribution in [0.1, 0.15) is 40.1 Å². The number of pyridine rings is 1. The Morgan fingerprint density at radius 2 is 1.78 bits per heavy atom. The van der Waals surface area contributed by atoms with E-state index in [-0.39, 0.29) is 17.5 Å². The fourth-order valence-electron chi connectivity index (χ4n) is 1.92. The second kappa shape index (κ2) is 7.18. The fourth-order valence-corrected chi connectivity index (χ4v) is 1.92. The summed E-state index contributed by atoms with van der Waals surface area (Å²) in [5.41, 5.74) is 1.33. The monoisotopic (exact) mass is 308 g/mol. The zero-order valence-corrected chi connectivity index (χ0v) is 12.8. The van der Waals surface area contributed by atoms with Crippen molar-refractivity contribution in [2.24, 2.45) is 0 Å². The lowest BCUT2D eigenvalue weighted by molar-refractivity contribution is 0.0942. The molecular formula is C17H16N4O2. The van der Waals surface area contributed by atoms with Gasteiger partial charge in [-0.05, 0) is 32.0 Å². The average Bonchev–Trinajstić information content (AvgIpc) is 2.55.